The molecule has 1 aromatic rings. The van der Waals surface area contributed by atoms with Crippen LogP contribution in [-0.4, -0.2) is 71.3 Å². The van der Waals surface area contributed by atoms with Crippen molar-refractivity contribution in [2.45, 2.75) is 31.2 Å². The summed E-state index contributed by atoms with van der Waals surface area (Å²) < 4.78 is 54.9. The minimum Gasteiger partial charge on any atom is -0.495 e. The highest BCUT2D eigenvalue weighted by Crippen LogP contribution is 2.28. The highest BCUT2D eigenvalue weighted by Gasteiger charge is 2.29. The summed E-state index contributed by atoms with van der Waals surface area (Å²) in [6.07, 6.45) is 0.398. The summed E-state index contributed by atoms with van der Waals surface area (Å²) in [7, 11) is -5.28. The lowest BCUT2D eigenvalue weighted by molar-refractivity contribution is -0.119. The Morgan fingerprint density at radius 3 is 2.50 bits per heavy atom. The van der Waals surface area contributed by atoms with Crippen LogP contribution in [0.3, 0.4) is 0 Å². The molecule has 2 N–H and O–H groups in total. The van der Waals surface area contributed by atoms with Gasteiger partial charge >= 0.3 is 0 Å². The number of hydrogen-bond donors (Lipinski definition) is 2. The van der Waals surface area contributed by atoms with Crippen LogP contribution in [0.1, 0.15) is 20.3 Å². The molecule has 1 aliphatic rings. The highest BCUT2D eigenvalue weighted by molar-refractivity contribution is 7.91. The van der Waals surface area contributed by atoms with Crippen molar-refractivity contribution in [3.05, 3.63) is 18.2 Å². The maximum Gasteiger partial charge on any atom is 0.243 e. The molecule has 28 heavy (non-hydrogen) atoms. The van der Waals surface area contributed by atoms with Crippen molar-refractivity contribution in [3.8, 4) is 5.75 Å². The van der Waals surface area contributed by atoms with E-state index in [2.05, 4.69) is 10.6 Å². The molecule has 11 heteroatoms. The second-order valence-corrected chi connectivity index (χ2v) is 10.6. The lowest BCUT2D eigenvalue weighted by Crippen LogP contribution is -2.39. The van der Waals surface area contributed by atoms with Gasteiger partial charge in [0.05, 0.1) is 35.7 Å². The van der Waals surface area contributed by atoms with Gasteiger partial charge in [-0.1, -0.05) is 13.8 Å². The Morgan fingerprint density at radius 1 is 1.29 bits per heavy atom. The molecule has 1 amide bonds. The molecule has 1 atom stereocenters. The monoisotopic (exact) mass is 433 g/mol. The van der Waals surface area contributed by atoms with Gasteiger partial charge in [-0.05, 0) is 24.6 Å². The molecule has 0 saturated carbocycles. The molecule has 2 rings (SSSR count). The van der Waals surface area contributed by atoms with E-state index in [0.29, 0.717) is 30.9 Å². The predicted octanol–water partition coefficient (Wildman–Crippen LogP) is 0.441. The van der Waals surface area contributed by atoms with E-state index in [4.69, 9.17) is 4.74 Å². The van der Waals surface area contributed by atoms with Crippen LogP contribution in [0.2, 0.25) is 0 Å². The topological polar surface area (TPSA) is 122 Å². The molecule has 1 aliphatic heterocycles. The Morgan fingerprint density at radius 2 is 1.96 bits per heavy atom. The molecular formula is C17H27N3O6S2. The number of ether oxygens (including phenoxy) is 1. The normalized spacial score (nSPS) is 18.8. The van der Waals surface area contributed by atoms with Gasteiger partial charge in [0.2, 0.25) is 15.9 Å². The fourth-order valence-electron chi connectivity index (χ4n) is 3.06. The Bertz CT molecular complexity index is 911. The van der Waals surface area contributed by atoms with Crippen molar-refractivity contribution in [1.29, 1.82) is 0 Å². The first-order valence-electron chi connectivity index (χ1n) is 9.04. The third kappa shape index (κ3) is 5.36. The van der Waals surface area contributed by atoms with E-state index in [1.165, 1.54) is 29.6 Å². The molecule has 0 radical (unpaired) electrons. The number of methoxy groups -OCH3 is 1. The highest BCUT2D eigenvalue weighted by atomic mass is 32.2. The fraction of sp³-hybridized carbons (Fsp3) is 0.588. The number of sulfonamides is 1. The van der Waals surface area contributed by atoms with E-state index in [1.54, 1.807) is 13.8 Å². The quantitative estimate of drug-likeness (QED) is 0.579. The first kappa shape index (κ1) is 22.4. The Hall–Kier alpha value is -1.85. The van der Waals surface area contributed by atoms with Gasteiger partial charge in [-0.25, -0.2) is 16.8 Å². The van der Waals surface area contributed by atoms with E-state index in [-0.39, 0.29) is 28.9 Å². The molecule has 0 bridgehead atoms. The summed E-state index contributed by atoms with van der Waals surface area (Å²) in [6, 6.07) is 4.02. The molecule has 1 aromatic carbocycles. The van der Waals surface area contributed by atoms with E-state index >= 15 is 0 Å². The molecule has 158 valence electrons. The van der Waals surface area contributed by atoms with Crippen LogP contribution in [0.4, 0.5) is 5.69 Å². The fourth-order valence-corrected chi connectivity index (χ4v) is 6.22. The number of rotatable bonds is 9. The predicted molar refractivity (Wildman–Crippen MR) is 107 cm³/mol. The van der Waals surface area contributed by atoms with Crippen molar-refractivity contribution in [2.75, 3.05) is 43.6 Å². The van der Waals surface area contributed by atoms with Gasteiger partial charge < -0.3 is 15.4 Å². The van der Waals surface area contributed by atoms with Crippen LogP contribution in [0.15, 0.2) is 23.1 Å². The molecule has 0 spiro atoms. The van der Waals surface area contributed by atoms with Crippen LogP contribution in [-0.2, 0) is 24.7 Å². The summed E-state index contributed by atoms with van der Waals surface area (Å²) in [5.41, 5.74) is 0.366. The molecule has 1 unspecified atom stereocenters. The number of anilines is 1. The smallest absolute Gasteiger partial charge is 0.243 e. The largest absolute Gasteiger partial charge is 0.495 e. The van der Waals surface area contributed by atoms with E-state index in [9.17, 15) is 21.6 Å². The summed E-state index contributed by atoms with van der Waals surface area (Å²) in [4.78, 5) is 12.2. The summed E-state index contributed by atoms with van der Waals surface area (Å²) in [5.74, 6) is 0.0420. The maximum atomic E-state index is 12.7. The number of nitrogens with zero attached hydrogens (tertiary/aromatic N) is 1. The van der Waals surface area contributed by atoms with Crippen LogP contribution < -0.4 is 15.4 Å². The van der Waals surface area contributed by atoms with Crippen molar-refractivity contribution in [1.82, 2.24) is 9.62 Å². The van der Waals surface area contributed by atoms with Gasteiger partial charge in [0.25, 0.3) is 0 Å². The number of carbonyl (C=O) groups is 1. The van der Waals surface area contributed by atoms with Crippen molar-refractivity contribution in [2.24, 2.45) is 0 Å². The molecule has 0 aliphatic carbocycles. The SMILES string of the molecule is CCN(CC)S(=O)(=O)c1ccc(OC)c(NCC(=O)NC2CCS(=O)(=O)C2)c1. The average molecular weight is 434 g/mol. The molecule has 1 fully saturated rings. The Kier molecular flexibility index (Phi) is 7.29. The zero-order valence-electron chi connectivity index (χ0n) is 16.3. The number of hydrogen-bond acceptors (Lipinski definition) is 7. The first-order chi connectivity index (χ1) is 13.1. The molecular weight excluding hydrogens is 406 g/mol. The van der Waals surface area contributed by atoms with Gasteiger partial charge in [-0.3, -0.25) is 4.79 Å². The number of sulfone groups is 1. The molecule has 9 nitrogen and oxygen atoms in total. The van der Waals surface area contributed by atoms with Gasteiger partial charge in [0.15, 0.2) is 9.84 Å². The Balaban J connectivity index is 2.11. The zero-order valence-corrected chi connectivity index (χ0v) is 17.9. The standard InChI is InChI=1S/C17H27N3O6S2/c1-4-20(5-2)28(24,25)14-6-7-16(26-3)15(10-14)18-11-17(21)19-13-8-9-27(22,23)12-13/h6-7,10,13,18H,4-5,8-9,11-12H2,1-3H3,(H,19,21). The summed E-state index contributed by atoms with van der Waals surface area (Å²) in [6.45, 7) is 4.08. The van der Waals surface area contributed by atoms with Crippen LogP contribution >= 0.6 is 0 Å². The van der Waals surface area contributed by atoms with Crippen molar-refractivity contribution < 1.29 is 26.4 Å². The third-order valence-electron chi connectivity index (χ3n) is 4.55. The second kappa shape index (κ2) is 9.10. The maximum absolute atomic E-state index is 12.7. The summed E-state index contributed by atoms with van der Waals surface area (Å²) in [5, 5.41) is 5.55. The van der Waals surface area contributed by atoms with Crippen LogP contribution in [0, 0.1) is 0 Å². The number of carbonyl (C=O) groups excluding carboxylic acids is 1. The van der Waals surface area contributed by atoms with Crippen molar-refractivity contribution >= 4 is 31.5 Å². The zero-order chi connectivity index (χ0) is 20.9. The van der Waals surface area contributed by atoms with E-state index < -0.39 is 25.9 Å². The van der Waals surface area contributed by atoms with Gasteiger partial charge in [0, 0.05) is 19.1 Å². The van der Waals surface area contributed by atoms with Crippen LogP contribution in [0.5, 0.6) is 5.75 Å². The van der Waals surface area contributed by atoms with Gasteiger partial charge in [-0.2, -0.15) is 4.31 Å². The van der Waals surface area contributed by atoms with Crippen LogP contribution in [0.25, 0.3) is 0 Å². The molecule has 1 saturated heterocycles. The van der Waals surface area contributed by atoms with E-state index in [1.807, 2.05) is 0 Å². The number of nitrogens with one attached hydrogen (secondary N) is 2. The van der Waals surface area contributed by atoms with Gasteiger partial charge in [-0.15, -0.1) is 0 Å². The molecule has 1 heterocycles. The lowest BCUT2D eigenvalue weighted by atomic mass is 10.2. The molecule has 0 aromatic heterocycles. The second-order valence-electron chi connectivity index (χ2n) is 6.47. The average Bonchev–Trinajstić information content (AvgIpc) is 2.98. The third-order valence-corrected chi connectivity index (χ3v) is 8.36. The Labute approximate surface area is 166 Å². The van der Waals surface area contributed by atoms with Crippen molar-refractivity contribution in [3.63, 3.8) is 0 Å². The van der Waals surface area contributed by atoms with E-state index in [0.717, 1.165) is 0 Å². The number of amides is 1. The minimum atomic E-state index is -3.65. The summed E-state index contributed by atoms with van der Waals surface area (Å²) >= 11 is 0. The first-order valence-corrected chi connectivity index (χ1v) is 12.3. The minimum absolute atomic E-state index is 0.0559. The number of benzene rings is 1. The van der Waals surface area contributed by atoms with Gasteiger partial charge in [0.1, 0.15) is 5.75 Å². The lowest BCUT2D eigenvalue weighted by Gasteiger charge is -2.20.